The van der Waals surface area contributed by atoms with Crippen LogP contribution in [-0.4, -0.2) is 18.4 Å². The predicted molar refractivity (Wildman–Crippen MR) is 93.0 cm³/mol. The van der Waals surface area contributed by atoms with Crippen LogP contribution in [0.1, 0.15) is 11.1 Å². The minimum Gasteiger partial charge on any atom is -0.347 e. The third-order valence-corrected chi connectivity index (χ3v) is 4.01. The standard InChI is InChI=1S/C17H16Cl2N2O2/c1-11-4-2-5-12(10-11)8-9-20-16(22)17(23)21-14-7-3-6-13(18)15(14)19/h2-7,10H,8-9H2,1H3,(H,20,22)(H,21,23). The predicted octanol–water partition coefficient (Wildman–Crippen LogP) is 3.60. The highest BCUT2D eigenvalue weighted by Gasteiger charge is 2.15. The van der Waals surface area contributed by atoms with Crippen LogP contribution >= 0.6 is 23.2 Å². The molecule has 0 aliphatic carbocycles. The molecule has 0 saturated heterocycles. The van der Waals surface area contributed by atoms with E-state index in [1.54, 1.807) is 18.2 Å². The summed E-state index contributed by atoms with van der Waals surface area (Å²) in [5, 5.41) is 5.53. The number of aryl methyl sites for hydroxylation is 1. The second-order valence-electron chi connectivity index (χ2n) is 5.05. The Morgan fingerprint density at radius 1 is 1.04 bits per heavy atom. The molecule has 4 nitrogen and oxygen atoms in total. The summed E-state index contributed by atoms with van der Waals surface area (Å²) in [6, 6.07) is 12.8. The lowest BCUT2D eigenvalue weighted by molar-refractivity contribution is -0.136. The van der Waals surface area contributed by atoms with Crippen LogP contribution in [0.3, 0.4) is 0 Å². The Morgan fingerprint density at radius 3 is 2.52 bits per heavy atom. The van der Waals surface area contributed by atoms with E-state index in [-0.39, 0.29) is 5.02 Å². The van der Waals surface area contributed by atoms with Crippen LogP contribution in [0, 0.1) is 6.92 Å². The van der Waals surface area contributed by atoms with E-state index in [0.717, 1.165) is 11.1 Å². The lowest BCUT2D eigenvalue weighted by Gasteiger charge is -2.09. The van der Waals surface area contributed by atoms with Crippen molar-refractivity contribution in [3.63, 3.8) is 0 Å². The van der Waals surface area contributed by atoms with Crippen molar-refractivity contribution in [3.8, 4) is 0 Å². The summed E-state index contributed by atoms with van der Waals surface area (Å²) in [5.41, 5.74) is 2.56. The van der Waals surface area contributed by atoms with Crippen LogP contribution in [-0.2, 0) is 16.0 Å². The van der Waals surface area contributed by atoms with Crippen molar-refractivity contribution in [2.75, 3.05) is 11.9 Å². The normalized spacial score (nSPS) is 10.2. The van der Waals surface area contributed by atoms with Gasteiger partial charge in [-0.2, -0.15) is 0 Å². The Labute approximate surface area is 144 Å². The zero-order valence-electron chi connectivity index (χ0n) is 12.5. The fourth-order valence-electron chi connectivity index (χ4n) is 2.05. The van der Waals surface area contributed by atoms with Gasteiger partial charge >= 0.3 is 11.8 Å². The Bertz CT molecular complexity index is 732. The molecule has 0 aliphatic heterocycles. The van der Waals surface area contributed by atoms with Crippen molar-refractivity contribution in [2.24, 2.45) is 0 Å². The summed E-state index contributed by atoms with van der Waals surface area (Å²) in [6.07, 6.45) is 0.651. The lowest BCUT2D eigenvalue weighted by Crippen LogP contribution is -2.36. The minimum atomic E-state index is -0.779. The number of hydrogen-bond acceptors (Lipinski definition) is 2. The Hall–Kier alpha value is -2.04. The summed E-state index contributed by atoms with van der Waals surface area (Å²) in [4.78, 5) is 23.6. The molecule has 2 N–H and O–H groups in total. The SMILES string of the molecule is Cc1cccc(CCNC(=O)C(=O)Nc2cccc(Cl)c2Cl)c1. The fourth-order valence-corrected chi connectivity index (χ4v) is 2.40. The second-order valence-corrected chi connectivity index (χ2v) is 5.84. The summed E-state index contributed by atoms with van der Waals surface area (Å²) >= 11 is 11.8. The van der Waals surface area contributed by atoms with Crippen molar-refractivity contribution in [3.05, 3.63) is 63.6 Å². The average Bonchev–Trinajstić information content (AvgIpc) is 2.51. The van der Waals surface area contributed by atoms with Crippen molar-refractivity contribution >= 4 is 40.7 Å². The molecular weight excluding hydrogens is 335 g/mol. The molecule has 0 aliphatic rings. The minimum absolute atomic E-state index is 0.204. The van der Waals surface area contributed by atoms with Gasteiger partial charge in [-0.1, -0.05) is 59.1 Å². The highest BCUT2D eigenvalue weighted by atomic mass is 35.5. The third kappa shape index (κ3) is 4.98. The third-order valence-electron chi connectivity index (χ3n) is 3.19. The van der Waals surface area contributed by atoms with Crippen LogP contribution in [0.15, 0.2) is 42.5 Å². The molecule has 0 bridgehead atoms. The van der Waals surface area contributed by atoms with E-state index < -0.39 is 11.8 Å². The van der Waals surface area contributed by atoms with E-state index in [0.29, 0.717) is 23.7 Å². The molecule has 0 spiro atoms. The van der Waals surface area contributed by atoms with Gasteiger partial charge < -0.3 is 10.6 Å². The molecule has 2 aromatic rings. The van der Waals surface area contributed by atoms with Crippen LogP contribution in [0.25, 0.3) is 0 Å². The van der Waals surface area contributed by atoms with Gasteiger partial charge in [0.15, 0.2) is 0 Å². The van der Waals surface area contributed by atoms with Gasteiger partial charge in [0.2, 0.25) is 0 Å². The Balaban J connectivity index is 1.85. The maximum Gasteiger partial charge on any atom is 0.313 e. The van der Waals surface area contributed by atoms with Gasteiger partial charge in [-0.05, 0) is 31.0 Å². The molecule has 2 amide bonds. The van der Waals surface area contributed by atoms with Crippen LogP contribution in [0.4, 0.5) is 5.69 Å². The number of hydrogen-bond donors (Lipinski definition) is 2. The van der Waals surface area contributed by atoms with Gasteiger partial charge in [0.05, 0.1) is 15.7 Å². The van der Waals surface area contributed by atoms with E-state index in [9.17, 15) is 9.59 Å². The maximum absolute atomic E-state index is 11.8. The summed E-state index contributed by atoms with van der Waals surface area (Å²) in [5.74, 6) is -1.49. The Kier molecular flexibility index (Phi) is 6.02. The number of carbonyl (C=O) groups excluding carboxylic acids is 2. The van der Waals surface area contributed by atoms with E-state index in [4.69, 9.17) is 23.2 Å². The summed E-state index contributed by atoms with van der Waals surface area (Å²) in [6.45, 7) is 2.38. The highest BCUT2D eigenvalue weighted by molar-refractivity contribution is 6.45. The maximum atomic E-state index is 11.8. The molecule has 0 radical (unpaired) electrons. The number of benzene rings is 2. The zero-order valence-corrected chi connectivity index (χ0v) is 14.0. The van der Waals surface area contributed by atoms with Crippen molar-refractivity contribution in [1.82, 2.24) is 5.32 Å². The second kappa shape index (κ2) is 7.99. The van der Waals surface area contributed by atoms with Crippen LogP contribution in [0.2, 0.25) is 10.0 Å². The van der Waals surface area contributed by atoms with Crippen molar-refractivity contribution < 1.29 is 9.59 Å². The van der Waals surface area contributed by atoms with Gasteiger partial charge in [0, 0.05) is 6.54 Å². The van der Waals surface area contributed by atoms with Gasteiger partial charge in [-0.25, -0.2) is 0 Å². The molecule has 2 aromatic carbocycles. The number of nitrogens with one attached hydrogen (secondary N) is 2. The van der Waals surface area contributed by atoms with Crippen LogP contribution in [0.5, 0.6) is 0 Å². The molecule has 0 heterocycles. The van der Waals surface area contributed by atoms with Crippen molar-refractivity contribution in [1.29, 1.82) is 0 Å². The summed E-state index contributed by atoms with van der Waals surface area (Å²) in [7, 11) is 0. The largest absolute Gasteiger partial charge is 0.347 e. The van der Waals surface area contributed by atoms with Gasteiger partial charge in [-0.3, -0.25) is 9.59 Å². The monoisotopic (exact) mass is 350 g/mol. The molecule has 0 aromatic heterocycles. The molecule has 0 fully saturated rings. The quantitative estimate of drug-likeness (QED) is 0.827. The van der Waals surface area contributed by atoms with Crippen LogP contribution < -0.4 is 10.6 Å². The van der Waals surface area contributed by atoms with E-state index >= 15 is 0 Å². The van der Waals surface area contributed by atoms with Gasteiger partial charge in [0.25, 0.3) is 0 Å². The smallest absolute Gasteiger partial charge is 0.313 e. The van der Waals surface area contributed by atoms with Crippen molar-refractivity contribution in [2.45, 2.75) is 13.3 Å². The first-order valence-electron chi connectivity index (χ1n) is 7.06. The molecule has 23 heavy (non-hydrogen) atoms. The fraction of sp³-hybridized carbons (Fsp3) is 0.176. The first kappa shape index (κ1) is 17.3. The molecule has 6 heteroatoms. The van der Waals surface area contributed by atoms with E-state index in [2.05, 4.69) is 10.6 Å². The first-order valence-corrected chi connectivity index (χ1v) is 7.81. The molecular formula is C17H16Cl2N2O2. The topological polar surface area (TPSA) is 58.2 Å². The molecule has 0 saturated carbocycles. The number of halogens is 2. The number of rotatable bonds is 4. The number of anilines is 1. The number of carbonyl (C=O) groups is 2. The number of amides is 2. The highest BCUT2D eigenvalue weighted by Crippen LogP contribution is 2.29. The molecule has 0 unspecified atom stereocenters. The molecule has 120 valence electrons. The summed E-state index contributed by atoms with van der Waals surface area (Å²) < 4.78 is 0. The average molecular weight is 351 g/mol. The van der Waals surface area contributed by atoms with Gasteiger partial charge in [0.1, 0.15) is 0 Å². The van der Waals surface area contributed by atoms with E-state index in [1.807, 2.05) is 31.2 Å². The Morgan fingerprint density at radius 2 is 1.78 bits per heavy atom. The molecule has 2 rings (SSSR count). The van der Waals surface area contributed by atoms with E-state index in [1.165, 1.54) is 0 Å². The van der Waals surface area contributed by atoms with Gasteiger partial charge in [-0.15, -0.1) is 0 Å². The zero-order chi connectivity index (χ0) is 16.8. The first-order chi connectivity index (χ1) is 11.0. The molecule has 0 atom stereocenters. The lowest BCUT2D eigenvalue weighted by atomic mass is 10.1.